The van der Waals surface area contributed by atoms with E-state index >= 15 is 0 Å². The number of methoxy groups -OCH3 is 1. The Morgan fingerprint density at radius 1 is 1.39 bits per heavy atom. The fourth-order valence-electron chi connectivity index (χ4n) is 2.26. The highest BCUT2D eigenvalue weighted by molar-refractivity contribution is 5.94. The normalized spacial score (nSPS) is 16.7. The van der Waals surface area contributed by atoms with Gasteiger partial charge < -0.3 is 14.7 Å². The Balaban J connectivity index is 2.11. The minimum Gasteiger partial charge on any atom is -0.496 e. The number of nitrogens with zero attached hydrogens (tertiary/aromatic N) is 1. The van der Waals surface area contributed by atoms with Crippen LogP contribution in [0.3, 0.4) is 0 Å². The molecule has 1 saturated heterocycles. The highest BCUT2D eigenvalue weighted by Crippen LogP contribution is 2.20. The van der Waals surface area contributed by atoms with E-state index in [0.29, 0.717) is 31.5 Å². The van der Waals surface area contributed by atoms with Crippen LogP contribution in [0.4, 0.5) is 0 Å². The number of carbonyl (C=O) groups excluding carboxylic acids is 1. The third-order valence-electron chi connectivity index (χ3n) is 3.39. The van der Waals surface area contributed by atoms with Gasteiger partial charge in [0.05, 0.1) is 13.2 Å². The molecule has 0 atom stereocenters. The second-order valence-corrected chi connectivity index (χ2v) is 4.71. The van der Waals surface area contributed by atoms with Gasteiger partial charge in [-0.2, -0.15) is 0 Å². The lowest BCUT2D eigenvalue weighted by atomic mass is 10.1. The lowest BCUT2D eigenvalue weighted by molar-refractivity contribution is 0.0546. The van der Waals surface area contributed by atoms with E-state index in [0.717, 1.165) is 11.3 Å². The zero-order chi connectivity index (χ0) is 13.1. The van der Waals surface area contributed by atoms with Crippen LogP contribution in [-0.2, 0) is 0 Å². The summed E-state index contributed by atoms with van der Waals surface area (Å²) >= 11 is 0. The molecule has 1 aliphatic rings. The number of piperidine rings is 1. The minimum absolute atomic E-state index is 0.0349. The van der Waals surface area contributed by atoms with E-state index in [2.05, 4.69) is 0 Å². The first kappa shape index (κ1) is 12.9. The molecule has 0 aliphatic carbocycles. The maximum absolute atomic E-state index is 12.3. The van der Waals surface area contributed by atoms with E-state index in [1.54, 1.807) is 18.1 Å². The number of ether oxygens (including phenoxy) is 1. The Bertz CT molecular complexity index is 437. The SMILES string of the molecule is COc1ccc(C(=O)N2CCC(O)CC2)cc1C. The third kappa shape index (κ3) is 2.64. The predicted octanol–water partition coefficient (Wildman–Crippen LogP) is 1.60. The molecule has 1 fully saturated rings. The van der Waals surface area contributed by atoms with Crippen molar-refractivity contribution in [2.45, 2.75) is 25.9 Å². The molecule has 18 heavy (non-hydrogen) atoms. The van der Waals surface area contributed by atoms with E-state index in [9.17, 15) is 9.90 Å². The van der Waals surface area contributed by atoms with Gasteiger partial charge in [0.1, 0.15) is 5.75 Å². The Hall–Kier alpha value is -1.55. The van der Waals surface area contributed by atoms with E-state index in [4.69, 9.17) is 4.74 Å². The number of carbonyl (C=O) groups is 1. The van der Waals surface area contributed by atoms with Crippen molar-refractivity contribution in [3.8, 4) is 5.75 Å². The average Bonchev–Trinajstić information content (AvgIpc) is 2.38. The van der Waals surface area contributed by atoms with Gasteiger partial charge in [0, 0.05) is 18.7 Å². The van der Waals surface area contributed by atoms with Gasteiger partial charge in [-0.15, -0.1) is 0 Å². The molecule has 4 nitrogen and oxygen atoms in total. The quantitative estimate of drug-likeness (QED) is 0.866. The van der Waals surface area contributed by atoms with Gasteiger partial charge in [0.2, 0.25) is 0 Å². The number of rotatable bonds is 2. The van der Waals surface area contributed by atoms with Gasteiger partial charge in [-0.25, -0.2) is 0 Å². The van der Waals surface area contributed by atoms with E-state index in [1.807, 2.05) is 19.1 Å². The van der Waals surface area contributed by atoms with Crippen molar-refractivity contribution in [2.75, 3.05) is 20.2 Å². The summed E-state index contributed by atoms with van der Waals surface area (Å²) in [6.07, 6.45) is 1.08. The molecule has 1 amide bonds. The van der Waals surface area contributed by atoms with Crippen molar-refractivity contribution in [1.29, 1.82) is 0 Å². The molecular weight excluding hydrogens is 230 g/mol. The summed E-state index contributed by atoms with van der Waals surface area (Å²) in [5.41, 5.74) is 1.64. The fourth-order valence-corrected chi connectivity index (χ4v) is 2.26. The number of hydrogen-bond acceptors (Lipinski definition) is 3. The highest BCUT2D eigenvalue weighted by Gasteiger charge is 2.22. The zero-order valence-electron chi connectivity index (χ0n) is 10.8. The molecule has 1 aromatic carbocycles. The van der Waals surface area contributed by atoms with E-state index in [1.165, 1.54) is 0 Å². The van der Waals surface area contributed by atoms with Gasteiger partial charge in [-0.3, -0.25) is 4.79 Å². The lowest BCUT2D eigenvalue weighted by Crippen LogP contribution is -2.40. The van der Waals surface area contributed by atoms with Crippen LogP contribution >= 0.6 is 0 Å². The van der Waals surface area contributed by atoms with Crippen LogP contribution in [0, 0.1) is 6.92 Å². The Morgan fingerprint density at radius 3 is 2.61 bits per heavy atom. The molecule has 1 heterocycles. The second-order valence-electron chi connectivity index (χ2n) is 4.71. The van der Waals surface area contributed by atoms with Crippen molar-refractivity contribution >= 4 is 5.91 Å². The van der Waals surface area contributed by atoms with Crippen LogP contribution < -0.4 is 4.74 Å². The monoisotopic (exact) mass is 249 g/mol. The smallest absolute Gasteiger partial charge is 0.253 e. The van der Waals surface area contributed by atoms with Crippen LogP contribution in [0.2, 0.25) is 0 Å². The van der Waals surface area contributed by atoms with E-state index in [-0.39, 0.29) is 12.0 Å². The van der Waals surface area contributed by atoms with Gasteiger partial charge in [-0.1, -0.05) is 0 Å². The minimum atomic E-state index is -0.258. The second kappa shape index (κ2) is 5.40. The molecule has 0 unspecified atom stereocenters. The molecular formula is C14H19NO3. The maximum Gasteiger partial charge on any atom is 0.253 e. The molecule has 2 rings (SSSR count). The number of aliphatic hydroxyl groups excluding tert-OH is 1. The van der Waals surface area contributed by atoms with Crippen LogP contribution in [0.25, 0.3) is 0 Å². The number of benzene rings is 1. The summed E-state index contributed by atoms with van der Waals surface area (Å²) in [6.45, 7) is 3.19. The topological polar surface area (TPSA) is 49.8 Å². The van der Waals surface area contributed by atoms with Crippen LogP contribution in [0.1, 0.15) is 28.8 Å². The van der Waals surface area contributed by atoms with Crippen LogP contribution in [-0.4, -0.2) is 42.2 Å². The Labute approximate surface area is 107 Å². The number of likely N-dealkylation sites (tertiary alicyclic amines) is 1. The molecule has 4 heteroatoms. The van der Waals surface area contributed by atoms with Crippen molar-refractivity contribution in [3.63, 3.8) is 0 Å². The van der Waals surface area contributed by atoms with Gasteiger partial charge >= 0.3 is 0 Å². The molecule has 1 aliphatic heterocycles. The van der Waals surface area contributed by atoms with Crippen molar-refractivity contribution in [1.82, 2.24) is 4.90 Å². The Morgan fingerprint density at radius 2 is 2.06 bits per heavy atom. The lowest BCUT2D eigenvalue weighted by Gasteiger charge is -2.29. The van der Waals surface area contributed by atoms with Crippen LogP contribution in [0.5, 0.6) is 5.75 Å². The van der Waals surface area contributed by atoms with Crippen LogP contribution in [0.15, 0.2) is 18.2 Å². The van der Waals surface area contributed by atoms with Crippen molar-refractivity contribution < 1.29 is 14.6 Å². The maximum atomic E-state index is 12.3. The zero-order valence-corrected chi connectivity index (χ0v) is 10.8. The summed E-state index contributed by atoms with van der Waals surface area (Å²) in [5, 5.41) is 9.44. The molecule has 1 aromatic rings. The molecule has 0 radical (unpaired) electrons. The summed E-state index contributed by atoms with van der Waals surface area (Å²) in [6, 6.07) is 5.47. The van der Waals surface area contributed by atoms with Crippen molar-refractivity contribution in [2.24, 2.45) is 0 Å². The summed E-state index contributed by atoms with van der Waals surface area (Å²) in [7, 11) is 1.62. The Kier molecular flexibility index (Phi) is 3.87. The first-order chi connectivity index (χ1) is 8.61. The van der Waals surface area contributed by atoms with Gasteiger partial charge in [-0.05, 0) is 43.5 Å². The average molecular weight is 249 g/mol. The first-order valence-electron chi connectivity index (χ1n) is 6.24. The molecule has 98 valence electrons. The molecule has 0 saturated carbocycles. The largest absolute Gasteiger partial charge is 0.496 e. The summed E-state index contributed by atoms with van der Waals surface area (Å²) < 4.78 is 5.18. The molecule has 0 aromatic heterocycles. The first-order valence-corrected chi connectivity index (χ1v) is 6.24. The third-order valence-corrected chi connectivity index (χ3v) is 3.39. The van der Waals surface area contributed by atoms with E-state index < -0.39 is 0 Å². The summed E-state index contributed by atoms with van der Waals surface area (Å²) in [5.74, 6) is 0.827. The molecule has 0 bridgehead atoms. The highest BCUT2D eigenvalue weighted by atomic mass is 16.5. The van der Waals surface area contributed by atoms with Gasteiger partial charge in [0.25, 0.3) is 5.91 Å². The predicted molar refractivity (Wildman–Crippen MR) is 68.9 cm³/mol. The van der Waals surface area contributed by atoms with Gasteiger partial charge in [0.15, 0.2) is 0 Å². The standard InChI is InChI=1S/C14H19NO3/c1-10-9-11(3-4-13(10)18-2)14(17)15-7-5-12(16)6-8-15/h3-4,9,12,16H,5-8H2,1-2H3. The van der Waals surface area contributed by atoms with Crippen molar-refractivity contribution in [3.05, 3.63) is 29.3 Å². The fraction of sp³-hybridized carbons (Fsp3) is 0.500. The molecule has 0 spiro atoms. The number of hydrogen-bond donors (Lipinski definition) is 1. The number of aryl methyl sites for hydroxylation is 1. The summed E-state index contributed by atoms with van der Waals surface area (Å²) in [4.78, 5) is 14.1. The molecule has 1 N–H and O–H groups in total. The number of amides is 1. The number of aliphatic hydroxyl groups is 1.